The summed E-state index contributed by atoms with van der Waals surface area (Å²) in [7, 11) is 0. The van der Waals surface area contributed by atoms with Crippen LogP contribution in [0.15, 0.2) is 11.6 Å². The maximum Gasteiger partial charge on any atom is 0.222 e. The molecular weight excluding hydrogens is 150 g/mol. The normalized spacial score (nSPS) is 17.5. The minimum absolute atomic E-state index is 0.307. The number of carbonyl (C=O) groups is 1. The molecule has 2 heteroatoms. The Hall–Kier alpha value is -0.790. The molecule has 0 aromatic heterocycles. The molecule has 0 unspecified atom stereocenters. The van der Waals surface area contributed by atoms with E-state index >= 15 is 0 Å². The number of amides is 1. The fourth-order valence-electron chi connectivity index (χ4n) is 1.37. The molecule has 0 saturated carbocycles. The maximum absolute atomic E-state index is 11.4. The van der Waals surface area contributed by atoms with Gasteiger partial charge < -0.3 is 4.90 Å². The first kappa shape index (κ1) is 9.30. The van der Waals surface area contributed by atoms with Gasteiger partial charge in [-0.3, -0.25) is 4.79 Å². The summed E-state index contributed by atoms with van der Waals surface area (Å²) in [5, 5.41) is 0. The van der Waals surface area contributed by atoms with Gasteiger partial charge in [-0.05, 0) is 19.8 Å². The lowest BCUT2D eigenvalue weighted by atomic mass is 10.1. The maximum atomic E-state index is 11.4. The van der Waals surface area contributed by atoms with Gasteiger partial charge in [0.15, 0.2) is 0 Å². The Balaban J connectivity index is 2.40. The Labute approximate surface area is 74.2 Å². The molecule has 68 valence electrons. The summed E-state index contributed by atoms with van der Waals surface area (Å²) >= 11 is 0. The van der Waals surface area contributed by atoms with Crippen LogP contribution in [0.25, 0.3) is 0 Å². The van der Waals surface area contributed by atoms with Crippen LogP contribution in [0, 0.1) is 0 Å². The van der Waals surface area contributed by atoms with E-state index in [1.54, 1.807) is 0 Å². The van der Waals surface area contributed by atoms with Crippen molar-refractivity contribution in [3.63, 3.8) is 0 Å². The quantitative estimate of drug-likeness (QED) is 0.576. The van der Waals surface area contributed by atoms with E-state index in [1.807, 2.05) is 11.8 Å². The second-order valence-corrected chi connectivity index (χ2v) is 3.39. The predicted octanol–water partition coefficient (Wildman–Crippen LogP) is 1.97. The lowest BCUT2D eigenvalue weighted by Gasteiger charge is -2.25. The van der Waals surface area contributed by atoms with Crippen LogP contribution in [0.5, 0.6) is 0 Å². The van der Waals surface area contributed by atoms with Gasteiger partial charge in [0.25, 0.3) is 0 Å². The van der Waals surface area contributed by atoms with Gasteiger partial charge in [0.2, 0.25) is 5.91 Å². The molecular formula is C10H17NO. The van der Waals surface area contributed by atoms with E-state index in [4.69, 9.17) is 0 Å². The summed E-state index contributed by atoms with van der Waals surface area (Å²) in [4.78, 5) is 13.3. The molecule has 0 N–H and O–H groups in total. The molecule has 12 heavy (non-hydrogen) atoms. The molecule has 0 spiro atoms. The first-order chi connectivity index (χ1) is 5.74. The third-order valence-corrected chi connectivity index (χ3v) is 2.25. The van der Waals surface area contributed by atoms with Crippen LogP contribution < -0.4 is 0 Å². The van der Waals surface area contributed by atoms with Crippen LogP contribution in [0.3, 0.4) is 0 Å². The van der Waals surface area contributed by atoms with Gasteiger partial charge in [0, 0.05) is 19.5 Å². The van der Waals surface area contributed by atoms with Gasteiger partial charge in [-0.25, -0.2) is 0 Å². The van der Waals surface area contributed by atoms with Crippen LogP contribution in [0.2, 0.25) is 0 Å². The van der Waals surface area contributed by atoms with Crippen LogP contribution in [0.1, 0.15) is 33.1 Å². The van der Waals surface area contributed by atoms with E-state index in [9.17, 15) is 4.79 Å². The van der Waals surface area contributed by atoms with E-state index in [1.165, 1.54) is 5.57 Å². The van der Waals surface area contributed by atoms with Crippen LogP contribution in [0.4, 0.5) is 0 Å². The minimum Gasteiger partial charge on any atom is -0.339 e. The molecule has 2 nitrogen and oxygen atoms in total. The second-order valence-electron chi connectivity index (χ2n) is 3.39. The third kappa shape index (κ3) is 2.36. The fourth-order valence-corrected chi connectivity index (χ4v) is 1.37. The average Bonchev–Trinajstić information content (AvgIpc) is 2.06. The molecule has 0 aromatic carbocycles. The molecule has 0 radical (unpaired) electrons. The van der Waals surface area contributed by atoms with Gasteiger partial charge in [-0.15, -0.1) is 0 Å². The number of hydrogen-bond acceptors (Lipinski definition) is 1. The summed E-state index contributed by atoms with van der Waals surface area (Å²) in [6.45, 7) is 5.91. The molecule has 0 bridgehead atoms. The monoisotopic (exact) mass is 167 g/mol. The molecule has 0 fully saturated rings. The smallest absolute Gasteiger partial charge is 0.222 e. The molecule has 1 aliphatic heterocycles. The standard InChI is InChI=1S/C10H17NO/c1-3-4-10(12)11-7-5-9(2)6-8-11/h5H,3-4,6-8H2,1-2H3. The van der Waals surface area contributed by atoms with Crippen molar-refractivity contribution in [2.75, 3.05) is 13.1 Å². The van der Waals surface area contributed by atoms with Crippen LogP contribution in [-0.2, 0) is 4.79 Å². The number of rotatable bonds is 2. The van der Waals surface area contributed by atoms with Crippen molar-refractivity contribution in [3.8, 4) is 0 Å². The molecule has 1 amide bonds. The van der Waals surface area contributed by atoms with Gasteiger partial charge in [0.1, 0.15) is 0 Å². The predicted molar refractivity (Wildman–Crippen MR) is 49.9 cm³/mol. The van der Waals surface area contributed by atoms with Crippen molar-refractivity contribution in [2.45, 2.75) is 33.1 Å². The highest BCUT2D eigenvalue weighted by molar-refractivity contribution is 5.76. The highest BCUT2D eigenvalue weighted by atomic mass is 16.2. The largest absolute Gasteiger partial charge is 0.339 e. The van der Waals surface area contributed by atoms with Gasteiger partial charge in [-0.1, -0.05) is 18.6 Å². The lowest BCUT2D eigenvalue weighted by molar-refractivity contribution is -0.130. The Morgan fingerprint density at radius 2 is 2.42 bits per heavy atom. The molecule has 1 aliphatic rings. The van der Waals surface area contributed by atoms with Crippen molar-refractivity contribution >= 4 is 5.91 Å². The molecule has 0 aliphatic carbocycles. The van der Waals surface area contributed by atoms with Crippen LogP contribution >= 0.6 is 0 Å². The lowest BCUT2D eigenvalue weighted by Crippen LogP contribution is -2.34. The average molecular weight is 167 g/mol. The molecule has 1 rings (SSSR count). The SMILES string of the molecule is CCCC(=O)N1CC=C(C)CC1. The summed E-state index contributed by atoms with van der Waals surface area (Å²) < 4.78 is 0. The van der Waals surface area contributed by atoms with Gasteiger partial charge in [-0.2, -0.15) is 0 Å². The van der Waals surface area contributed by atoms with E-state index in [2.05, 4.69) is 13.0 Å². The van der Waals surface area contributed by atoms with Gasteiger partial charge >= 0.3 is 0 Å². The van der Waals surface area contributed by atoms with E-state index in [-0.39, 0.29) is 0 Å². The van der Waals surface area contributed by atoms with Crippen molar-refractivity contribution in [1.29, 1.82) is 0 Å². The van der Waals surface area contributed by atoms with Crippen molar-refractivity contribution in [3.05, 3.63) is 11.6 Å². The van der Waals surface area contributed by atoms with Crippen molar-refractivity contribution < 1.29 is 4.79 Å². The first-order valence-electron chi connectivity index (χ1n) is 4.67. The summed E-state index contributed by atoms with van der Waals surface area (Å²) in [5.41, 5.74) is 1.41. The molecule has 0 atom stereocenters. The Bertz CT molecular complexity index is 196. The molecule has 0 aromatic rings. The van der Waals surface area contributed by atoms with Crippen LogP contribution in [-0.4, -0.2) is 23.9 Å². The fraction of sp³-hybridized carbons (Fsp3) is 0.700. The number of hydrogen-bond donors (Lipinski definition) is 0. The minimum atomic E-state index is 0.307. The van der Waals surface area contributed by atoms with E-state index < -0.39 is 0 Å². The topological polar surface area (TPSA) is 20.3 Å². The van der Waals surface area contributed by atoms with Crippen molar-refractivity contribution in [1.82, 2.24) is 4.90 Å². The second kappa shape index (κ2) is 4.29. The number of nitrogens with zero attached hydrogens (tertiary/aromatic N) is 1. The van der Waals surface area contributed by atoms with E-state index in [0.29, 0.717) is 12.3 Å². The zero-order valence-electron chi connectivity index (χ0n) is 7.97. The van der Waals surface area contributed by atoms with Gasteiger partial charge in [0.05, 0.1) is 0 Å². The highest BCUT2D eigenvalue weighted by Crippen LogP contribution is 2.10. The summed E-state index contributed by atoms with van der Waals surface area (Å²) in [6.07, 6.45) is 4.86. The summed E-state index contributed by atoms with van der Waals surface area (Å²) in [6, 6.07) is 0. The molecule has 1 heterocycles. The first-order valence-corrected chi connectivity index (χ1v) is 4.67. The Morgan fingerprint density at radius 3 is 2.92 bits per heavy atom. The Morgan fingerprint density at radius 1 is 1.67 bits per heavy atom. The third-order valence-electron chi connectivity index (χ3n) is 2.25. The zero-order chi connectivity index (χ0) is 8.97. The number of carbonyl (C=O) groups excluding carboxylic acids is 1. The molecule has 0 saturated heterocycles. The highest BCUT2D eigenvalue weighted by Gasteiger charge is 2.13. The van der Waals surface area contributed by atoms with Crippen molar-refractivity contribution in [2.24, 2.45) is 0 Å². The Kier molecular flexibility index (Phi) is 3.32. The summed E-state index contributed by atoms with van der Waals surface area (Å²) in [5.74, 6) is 0.307. The zero-order valence-corrected chi connectivity index (χ0v) is 7.97. The van der Waals surface area contributed by atoms with E-state index in [0.717, 1.165) is 25.9 Å².